The van der Waals surface area contributed by atoms with Gasteiger partial charge in [0.05, 0.1) is 5.41 Å². The lowest BCUT2D eigenvalue weighted by Crippen LogP contribution is -2.52. The highest BCUT2D eigenvalue weighted by molar-refractivity contribution is 5.79. The third-order valence-electron chi connectivity index (χ3n) is 2.87. The van der Waals surface area contributed by atoms with E-state index in [1.54, 1.807) is 0 Å². The van der Waals surface area contributed by atoms with Gasteiger partial charge in [-0.3, -0.25) is 9.59 Å². The third-order valence-corrected chi connectivity index (χ3v) is 2.87. The first-order chi connectivity index (χ1) is 8.31. The molecule has 1 fully saturated rings. The van der Waals surface area contributed by atoms with Crippen molar-refractivity contribution < 1.29 is 19.5 Å². The summed E-state index contributed by atoms with van der Waals surface area (Å²) in [5.74, 6) is -0.979. The number of carbonyl (C=O) groups is 3. The fourth-order valence-electron chi connectivity index (χ4n) is 1.47. The summed E-state index contributed by atoms with van der Waals surface area (Å²) in [5, 5.41) is 16.8. The average Bonchev–Trinajstić information content (AvgIpc) is 2.29. The summed E-state index contributed by atoms with van der Waals surface area (Å²) >= 11 is 0. The molecule has 1 saturated heterocycles. The predicted molar refractivity (Wildman–Crippen MR) is 64.0 cm³/mol. The van der Waals surface area contributed by atoms with E-state index in [1.165, 1.54) is 13.8 Å². The molecule has 102 valence electrons. The lowest BCUT2D eigenvalue weighted by atomic mass is 9.94. The van der Waals surface area contributed by atoms with Crippen molar-refractivity contribution in [2.45, 2.75) is 32.7 Å². The van der Waals surface area contributed by atoms with Crippen LogP contribution in [0.3, 0.4) is 0 Å². The van der Waals surface area contributed by atoms with Crippen molar-refractivity contribution in [1.82, 2.24) is 16.0 Å². The molecule has 0 aromatic carbocycles. The number of aliphatic carboxylic acids is 1. The van der Waals surface area contributed by atoms with E-state index in [0.29, 0.717) is 19.4 Å². The van der Waals surface area contributed by atoms with Crippen LogP contribution in [0.5, 0.6) is 0 Å². The number of amides is 3. The molecule has 0 bridgehead atoms. The molecule has 1 aliphatic heterocycles. The topological polar surface area (TPSA) is 108 Å². The average molecular weight is 257 g/mol. The summed E-state index contributed by atoms with van der Waals surface area (Å²) in [4.78, 5) is 33.3. The number of carboxylic acid groups (broad SMARTS) is 1. The zero-order valence-corrected chi connectivity index (χ0v) is 10.6. The van der Waals surface area contributed by atoms with Crippen molar-refractivity contribution in [2.24, 2.45) is 5.41 Å². The SMILES string of the molecule is CC(C)(CNC(=O)NC1CCC(=O)NC1)C(=O)O. The van der Waals surface area contributed by atoms with Crippen LogP contribution in [0.15, 0.2) is 0 Å². The standard InChI is InChI=1S/C11H19N3O4/c1-11(2,9(16)17)6-13-10(18)14-7-3-4-8(15)12-5-7/h7H,3-6H2,1-2H3,(H,12,15)(H,16,17)(H2,13,14,18). The predicted octanol–water partition coefficient (Wildman–Crippen LogP) is -0.325. The van der Waals surface area contributed by atoms with E-state index in [0.717, 1.165) is 0 Å². The molecule has 0 saturated carbocycles. The van der Waals surface area contributed by atoms with Crippen molar-refractivity contribution in [3.8, 4) is 0 Å². The lowest BCUT2D eigenvalue weighted by Gasteiger charge is -2.25. The normalized spacial score (nSPS) is 19.9. The highest BCUT2D eigenvalue weighted by atomic mass is 16.4. The fraction of sp³-hybridized carbons (Fsp3) is 0.727. The fourth-order valence-corrected chi connectivity index (χ4v) is 1.47. The number of rotatable bonds is 4. The largest absolute Gasteiger partial charge is 0.481 e. The number of carbonyl (C=O) groups excluding carboxylic acids is 2. The van der Waals surface area contributed by atoms with Crippen LogP contribution in [0.25, 0.3) is 0 Å². The maximum absolute atomic E-state index is 11.5. The molecule has 1 heterocycles. The van der Waals surface area contributed by atoms with E-state index in [4.69, 9.17) is 5.11 Å². The number of hydrogen-bond donors (Lipinski definition) is 4. The molecular formula is C11H19N3O4. The van der Waals surface area contributed by atoms with Crippen LogP contribution >= 0.6 is 0 Å². The molecule has 0 aromatic heterocycles. The van der Waals surface area contributed by atoms with Gasteiger partial charge < -0.3 is 21.1 Å². The molecule has 7 heteroatoms. The van der Waals surface area contributed by atoms with Crippen molar-refractivity contribution in [3.05, 3.63) is 0 Å². The van der Waals surface area contributed by atoms with Gasteiger partial charge in [-0.25, -0.2) is 4.79 Å². The molecule has 1 rings (SSSR count). The Bertz CT molecular complexity index is 344. The molecule has 1 aliphatic rings. The smallest absolute Gasteiger partial charge is 0.315 e. The summed E-state index contributed by atoms with van der Waals surface area (Å²) in [5.41, 5.74) is -1.00. The van der Waals surface area contributed by atoms with Crippen molar-refractivity contribution in [3.63, 3.8) is 0 Å². The van der Waals surface area contributed by atoms with E-state index in [2.05, 4.69) is 16.0 Å². The second-order valence-electron chi connectivity index (χ2n) is 5.06. The van der Waals surface area contributed by atoms with Gasteiger partial charge in [0.1, 0.15) is 0 Å². The number of nitrogens with one attached hydrogen (secondary N) is 3. The van der Waals surface area contributed by atoms with Crippen LogP contribution in [0.2, 0.25) is 0 Å². The van der Waals surface area contributed by atoms with Crippen LogP contribution in [0.1, 0.15) is 26.7 Å². The Morgan fingerprint density at radius 3 is 2.67 bits per heavy atom. The molecule has 1 unspecified atom stereocenters. The third kappa shape index (κ3) is 4.23. The Kier molecular flexibility index (Phi) is 4.52. The van der Waals surface area contributed by atoms with Crippen LogP contribution < -0.4 is 16.0 Å². The first-order valence-electron chi connectivity index (χ1n) is 5.86. The Morgan fingerprint density at radius 1 is 1.50 bits per heavy atom. The number of piperidine rings is 1. The van der Waals surface area contributed by atoms with E-state index >= 15 is 0 Å². The molecule has 3 amide bonds. The zero-order chi connectivity index (χ0) is 13.8. The Labute approximate surface area is 105 Å². The van der Waals surface area contributed by atoms with E-state index < -0.39 is 17.4 Å². The molecule has 7 nitrogen and oxygen atoms in total. The summed E-state index contributed by atoms with van der Waals surface area (Å²) in [6, 6.07) is -0.513. The molecule has 0 aromatic rings. The van der Waals surface area contributed by atoms with Gasteiger partial charge in [0.2, 0.25) is 5.91 Å². The Morgan fingerprint density at radius 2 is 2.17 bits per heavy atom. The van der Waals surface area contributed by atoms with Crippen molar-refractivity contribution >= 4 is 17.9 Å². The molecule has 18 heavy (non-hydrogen) atoms. The molecular weight excluding hydrogens is 238 g/mol. The maximum Gasteiger partial charge on any atom is 0.315 e. The van der Waals surface area contributed by atoms with Gasteiger partial charge in [-0.1, -0.05) is 0 Å². The first kappa shape index (κ1) is 14.3. The van der Waals surface area contributed by atoms with Crippen LogP contribution in [-0.4, -0.2) is 42.1 Å². The van der Waals surface area contributed by atoms with Crippen LogP contribution in [-0.2, 0) is 9.59 Å². The summed E-state index contributed by atoms with van der Waals surface area (Å²) in [6.07, 6.45) is 0.993. The van der Waals surface area contributed by atoms with Gasteiger partial charge >= 0.3 is 12.0 Å². The minimum atomic E-state index is -1.00. The molecule has 0 aliphatic carbocycles. The molecule has 0 spiro atoms. The quantitative estimate of drug-likeness (QED) is 0.553. The van der Waals surface area contributed by atoms with Crippen LogP contribution in [0.4, 0.5) is 4.79 Å². The van der Waals surface area contributed by atoms with Gasteiger partial charge in [-0.05, 0) is 20.3 Å². The van der Waals surface area contributed by atoms with E-state index in [-0.39, 0.29) is 18.5 Å². The highest BCUT2D eigenvalue weighted by Gasteiger charge is 2.28. The van der Waals surface area contributed by atoms with Crippen molar-refractivity contribution in [2.75, 3.05) is 13.1 Å². The zero-order valence-electron chi connectivity index (χ0n) is 10.6. The second-order valence-corrected chi connectivity index (χ2v) is 5.06. The number of urea groups is 1. The van der Waals surface area contributed by atoms with Gasteiger partial charge in [-0.15, -0.1) is 0 Å². The highest BCUT2D eigenvalue weighted by Crippen LogP contribution is 2.12. The van der Waals surface area contributed by atoms with Crippen LogP contribution in [0, 0.1) is 5.41 Å². The summed E-state index contributed by atoms with van der Waals surface area (Å²) in [7, 11) is 0. The Hall–Kier alpha value is -1.79. The lowest BCUT2D eigenvalue weighted by molar-refractivity contribution is -0.146. The van der Waals surface area contributed by atoms with Gasteiger partial charge in [-0.2, -0.15) is 0 Å². The molecule has 1 atom stereocenters. The van der Waals surface area contributed by atoms with Gasteiger partial charge in [0.25, 0.3) is 0 Å². The monoisotopic (exact) mass is 257 g/mol. The number of hydrogen-bond acceptors (Lipinski definition) is 3. The van der Waals surface area contributed by atoms with Gasteiger partial charge in [0.15, 0.2) is 0 Å². The van der Waals surface area contributed by atoms with E-state index in [1.807, 2.05) is 0 Å². The minimum absolute atomic E-state index is 0.0135. The number of carboxylic acids is 1. The maximum atomic E-state index is 11.5. The van der Waals surface area contributed by atoms with Crippen molar-refractivity contribution in [1.29, 1.82) is 0 Å². The van der Waals surface area contributed by atoms with E-state index in [9.17, 15) is 14.4 Å². The summed E-state index contributed by atoms with van der Waals surface area (Å²) in [6.45, 7) is 3.54. The molecule has 4 N–H and O–H groups in total. The minimum Gasteiger partial charge on any atom is -0.481 e. The molecule has 0 radical (unpaired) electrons. The Balaban J connectivity index is 2.30. The second kappa shape index (κ2) is 5.70. The van der Waals surface area contributed by atoms with Gasteiger partial charge in [0, 0.05) is 25.6 Å². The first-order valence-corrected chi connectivity index (χ1v) is 5.86. The summed E-state index contributed by atoms with van der Waals surface area (Å²) < 4.78 is 0.